The van der Waals surface area contributed by atoms with Gasteiger partial charge < -0.3 is 10.1 Å². The fourth-order valence-electron chi connectivity index (χ4n) is 1.27. The van der Waals surface area contributed by atoms with Crippen molar-refractivity contribution in [2.24, 2.45) is 0 Å². The Morgan fingerprint density at radius 2 is 2.12 bits per heavy atom. The molecule has 1 amide bonds. The standard InChI is InChI=1S/C10H15N3O3/c1-4-16-10(15)9(14)11-5-8-6(2)12-13-7(8)3/h4-5H2,1-3H3,(H,11,14)(H,12,13). The van der Waals surface area contributed by atoms with E-state index in [2.05, 4.69) is 20.3 Å². The molecule has 0 saturated heterocycles. The van der Waals surface area contributed by atoms with E-state index in [0.29, 0.717) is 0 Å². The van der Waals surface area contributed by atoms with E-state index in [1.165, 1.54) is 0 Å². The number of nitrogens with zero attached hydrogens (tertiary/aromatic N) is 1. The predicted molar refractivity (Wildman–Crippen MR) is 56.5 cm³/mol. The predicted octanol–water partition coefficient (Wildman–Crippen LogP) is 0.206. The molecule has 1 heterocycles. The van der Waals surface area contributed by atoms with Crippen LogP contribution in [0.25, 0.3) is 0 Å². The molecule has 1 aromatic heterocycles. The molecule has 16 heavy (non-hydrogen) atoms. The summed E-state index contributed by atoms with van der Waals surface area (Å²) in [4.78, 5) is 22.2. The first kappa shape index (κ1) is 12.2. The maximum absolute atomic E-state index is 11.2. The first-order valence-corrected chi connectivity index (χ1v) is 5.01. The van der Waals surface area contributed by atoms with E-state index in [-0.39, 0.29) is 13.2 Å². The summed E-state index contributed by atoms with van der Waals surface area (Å²) in [5, 5.41) is 9.26. The smallest absolute Gasteiger partial charge is 0.396 e. The third-order valence-corrected chi connectivity index (χ3v) is 2.17. The van der Waals surface area contributed by atoms with Crippen LogP contribution in [0.5, 0.6) is 0 Å². The van der Waals surface area contributed by atoms with Gasteiger partial charge in [-0.25, -0.2) is 4.79 Å². The van der Waals surface area contributed by atoms with Gasteiger partial charge in [0, 0.05) is 17.8 Å². The van der Waals surface area contributed by atoms with Crippen LogP contribution in [0.2, 0.25) is 0 Å². The Morgan fingerprint density at radius 3 is 2.62 bits per heavy atom. The van der Waals surface area contributed by atoms with Crippen molar-refractivity contribution in [1.29, 1.82) is 0 Å². The van der Waals surface area contributed by atoms with E-state index >= 15 is 0 Å². The van der Waals surface area contributed by atoms with Gasteiger partial charge in [-0.2, -0.15) is 5.10 Å². The van der Waals surface area contributed by atoms with Gasteiger partial charge in [-0.1, -0.05) is 0 Å². The van der Waals surface area contributed by atoms with Crippen molar-refractivity contribution in [3.63, 3.8) is 0 Å². The van der Waals surface area contributed by atoms with E-state index in [0.717, 1.165) is 17.0 Å². The van der Waals surface area contributed by atoms with E-state index in [1.54, 1.807) is 6.92 Å². The van der Waals surface area contributed by atoms with Gasteiger partial charge in [-0.3, -0.25) is 9.89 Å². The maximum atomic E-state index is 11.2. The van der Waals surface area contributed by atoms with Gasteiger partial charge in [-0.05, 0) is 20.8 Å². The van der Waals surface area contributed by atoms with Crippen molar-refractivity contribution in [3.05, 3.63) is 17.0 Å². The number of ether oxygens (including phenoxy) is 1. The molecule has 2 N–H and O–H groups in total. The molecule has 0 saturated carbocycles. The molecular weight excluding hydrogens is 210 g/mol. The summed E-state index contributed by atoms with van der Waals surface area (Å²) in [6.45, 7) is 5.79. The van der Waals surface area contributed by atoms with Crippen LogP contribution in [0.4, 0.5) is 0 Å². The van der Waals surface area contributed by atoms with Gasteiger partial charge in [0.1, 0.15) is 0 Å². The lowest BCUT2D eigenvalue weighted by Gasteiger charge is -2.04. The minimum absolute atomic E-state index is 0.190. The third-order valence-electron chi connectivity index (χ3n) is 2.17. The van der Waals surface area contributed by atoms with E-state index in [1.807, 2.05) is 13.8 Å². The van der Waals surface area contributed by atoms with Gasteiger partial charge in [0.05, 0.1) is 12.3 Å². The molecule has 0 radical (unpaired) electrons. The van der Waals surface area contributed by atoms with Crippen molar-refractivity contribution in [3.8, 4) is 0 Å². The molecule has 0 aromatic carbocycles. The molecular formula is C10H15N3O3. The van der Waals surface area contributed by atoms with Gasteiger partial charge >= 0.3 is 11.9 Å². The summed E-state index contributed by atoms with van der Waals surface area (Å²) in [7, 11) is 0. The van der Waals surface area contributed by atoms with Crippen LogP contribution < -0.4 is 5.32 Å². The molecule has 6 heteroatoms. The molecule has 1 rings (SSSR count). The number of aryl methyl sites for hydroxylation is 2. The molecule has 88 valence electrons. The Kier molecular flexibility index (Phi) is 4.04. The van der Waals surface area contributed by atoms with E-state index < -0.39 is 11.9 Å². The van der Waals surface area contributed by atoms with Gasteiger partial charge in [0.2, 0.25) is 0 Å². The number of esters is 1. The summed E-state index contributed by atoms with van der Waals surface area (Å²) in [5.74, 6) is -1.59. The number of carbonyl (C=O) groups is 2. The normalized spacial score (nSPS) is 9.94. The lowest BCUT2D eigenvalue weighted by molar-refractivity contribution is -0.154. The molecule has 0 fully saturated rings. The Morgan fingerprint density at radius 1 is 1.44 bits per heavy atom. The number of nitrogens with one attached hydrogen (secondary N) is 2. The molecule has 0 aliphatic carbocycles. The SMILES string of the molecule is CCOC(=O)C(=O)NCc1c(C)n[nH]c1C. The average Bonchev–Trinajstić information content (AvgIpc) is 2.56. The number of hydrogen-bond donors (Lipinski definition) is 2. The van der Waals surface area contributed by atoms with Crippen LogP contribution in [-0.4, -0.2) is 28.7 Å². The highest BCUT2D eigenvalue weighted by Crippen LogP contribution is 2.08. The maximum Gasteiger partial charge on any atom is 0.396 e. The molecule has 1 aromatic rings. The average molecular weight is 225 g/mol. The monoisotopic (exact) mass is 225 g/mol. The van der Waals surface area contributed by atoms with Crippen LogP contribution in [0.15, 0.2) is 0 Å². The molecule has 0 aliphatic rings. The summed E-state index contributed by atoms with van der Waals surface area (Å²) >= 11 is 0. The Hall–Kier alpha value is -1.85. The van der Waals surface area contributed by atoms with E-state index in [9.17, 15) is 9.59 Å². The van der Waals surface area contributed by atoms with E-state index in [4.69, 9.17) is 0 Å². The zero-order chi connectivity index (χ0) is 12.1. The molecule has 0 unspecified atom stereocenters. The van der Waals surface area contributed by atoms with Crippen molar-refractivity contribution in [2.45, 2.75) is 27.3 Å². The van der Waals surface area contributed by atoms with Crippen LogP contribution in [-0.2, 0) is 20.9 Å². The Labute approximate surface area is 93.4 Å². The number of hydrogen-bond acceptors (Lipinski definition) is 4. The first-order chi connectivity index (χ1) is 7.56. The van der Waals surface area contributed by atoms with Crippen LogP contribution >= 0.6 is 0 Å². The van der Waals surface area contributed by atoms with Gasteiger partial charge in [-0.15, -0.1) is 0 Å². The fraction of sp³-hybridized carbons (Fsp3) is 0.500. The minimum atomic E-state index is -0.860. The van der Waals surface area contributed by atoms with Crippen molar-refractivity contribution in [1.82, 2.24) is 15.5 Å². The summed E-state index contributed by atoms with van der Waals surface area (Å²) in [5.41, 5.74) is 2.57. The highest BCUT2D eigenvalue weighted by molar-refractivity contribution is 6.32. The second kappa shape index (κ2) is 5.29. The van der Waals surface area contributed by atoms with Crippen molar-refractivity contribution in [2.75, 3.05) is 6.61 Å². The molecule has 0 aliphatic heterocycles. The zero-order valence-electron chi connectivity index (χ0n) is 9.59. The van der Waals surface area contributed by atoms with Crippen LogP contribution in [0.3, 0.4) is 0 Å². The highest BCUT2D eigenvalue weighted by atomic mass is 16.5. The second-order valence-corrected chi connectivity index (χ2v) is 3.32. The Bertz CT molecular complexity index is 379. The van der Waals surface area contributed by atoms with Crippen LogP contribution in [0, 0.1) is 13.8 Å². The van der Waals surface area contributed by atoms with Crippen molar-refractivity contribution >= 4 is 11.9 Å². The first-order valence-electron chi connectivity index (χ1n) is 5.01. The summed E-state index contributed by atoms with van der Waals surface area (Å²) in [6.07, 6.45) is 0. The highest BCUT2D eigenvalue weighted by Gasteiger charge is 2.15. The number of aromatic nitrogens is 2. The van der Waals surface area contributed by atoms with Gasteiger partial charge in [0.25, 0.3) is 0 Å². The van der Waals surface area contributed by atoms with Crippen LogP contribution in [0.1, 0.15) is 23.9 Å². The number of H-pyrrole nitrogens is 1. The molecule has 0 atom stereocenters. The Balaban J connectivity index is 2.52. The quantitative estimate of drug-likeness (QED) is 0.568. The van der Waals surface area contributed by atoms with Crippen molar-refractivity contribution < 1.29 is 14.3 Å². The lowest BCUT2D eigenvalue weighted by atomic mass is 10.2. The second-order valence-electron chi connectivity index (χ2n) is 3.32. The lowest BCUT2D eigenvalue weighted by Crippen LogP contribution is -2.32. The summed E-state index contributed by atoms with van der Waals surface area (Å²) < 4.78 is 4.56. The number of rotatable bonds is 3. The number of carbonyl (C=O) groups excluding carboxylic acids is 2. The molecule has 0 bridgehead atoms. The number of amides is 1. The molecule has 6 nitrogen and oxygen atoms in total. The zero-order valence-corrected chi connectivity index (χ0v) is 9.59. The van der Waals surface area contributed by atoms with Gasteiger partial charge in [0.15, 0.2) is 0 Å². The minimum Gasteiger partial charge on any atom is -0.459 e. The summed E-state index contributed by atoms with van der Waals surface area (Å²) in [6, 6.07) is 0. The largest absolute Gasteiger partial charge is 0.459 e. The third kappa shape index (κ3) is 2.82. The molecule has 0 spiro atoms. The fourth-order valence-corrected chi connectivity index (χ4v) is 1.27. The number of aromatic amines is 1. The topological polar surface area (TPSA) is 84.1 Å².